The first-order chi connectivity index (χ1) is 10.5. The van der Waals surface area contributed by atoms with Gasteiger partial charge in [-0.1, -0.05) is 23.2 Å². The summed E-state index contributed by atoms with van der Waals surface area (Å²) in [5.41, 5.74) is -0.160. The first kappa shape index (κ1) is 16.0. The van der Waals surface area contributed by atoms with Crippen LogP contribution in [0.4, 0.5) is 11.5 Å². The third-order valence-corrected chi connectivity index (χ3v) is 3.00. The number of nitrogens with one attached hydrogen (secondary N) is 1. The fraction of sp³-hybridized carbons (Fsp3) is 0.0769. The van der Waals surface area contributed by atoms with Crippen molar-refractivity contribution in [1.29, 1.82) is 0 Å². The molecule has 1 amide bonds. The standard InChI is InChI=1S/C13H9Cl2N3O4/c14-8-1-4-12(16-6-8)17-13(19)7-22-11-3-2-9(18(20)21)5-10(11)15/h1-6H,7H2,(H,16,17,19). The van der Waals surface area contributed by atoms with Crippen molar-refractivity contribution in [2.45, 2.75) is 0 Å². The highest BCUT2D eigenvalue weighted by Crippen LogP contribution is 2.28. The zero-order chi connectivity index (χ0) is 16.1. The van der Waals surface area contributed by atoms with Gasteiger partial charge in [0.2, 0.25) is 0 Å². The highest BCUT2D eigenvalue weighted by molar-refractivity contribution is 6.32. The molecule has 0 atom stereocenters. The number of nitro groups is 1. The van der Waals surface area contributed by atoms with E-state index in [4.69, 9.17) is 27.9 Å². The molecule has 0 saturated carbocycles. The molecule has 0 saturated heterocycles. The SMILES string of the molecule is O=C(COc1ccc([N+](=O)[O-])cc1Cl)Nc1ccc(Cl)cn1. The number of carbonyl (C=O) groups excluding carboxylic acids is 1. The zero-order valence-corrected chi connectivity index (χ0v) is 12.5. The zero-order valence-electron chi connectivity index (χ0n) is 11.0. The summed E-state index contributed by atoms with van der Waals surface area (Å²) >= 11 is 11.5. The van der Waals surface area contributed by atoms with Crippen molar-refractivity contribution in [2.24, 2.45) is 0 Å². The molecule has 0 unspecified atom stereocenters. The molecule has 0 radical (unpaired) electrons. The largest absolute Gasteiger partial charge is 0.482 e. The number of hydrogen-bond donors (Lipinski definition) is 1. The van der Waals surface area contributed by atoms with Crippen molar-refractivity contribution < 1.29 is 14.5 Å². The fourth-order valence-corrected chi connectivity index (χ4v) is 1.83. The van der Waals surface area contributed by atoms with Gasteiger partial charge in [-0.2, -0.15) is 0 Å². The van der Waals surface area contributed by atoms with Crippen LogP contribution in [0.15, 0.2) is 36.5 Å². The predicted octanol–water partition coefficient (Wildman–Crippen LogP) is 3.31. The number of non-ortho nitro benzene ring substituents is 1. The highest BCUT2D eigenvalue weighted by atomic mass is 35.5. The first-order valence-electron chi connectivity index (χ1n) is 5.94. The van der Waals surface area contributed by atoms with Crippen molar-refractivity contribution >= 4 is 40.6 Å². The van der Waals surface area contributed by atoms with Crippen LogP contribution in [0.3, 0.4) is 0 Å². The molecule has 1 N–H and O–H groups in total. The second-order valence-electron chi connectivity index (χ2n) is 4.07. The van der Waals surface area contributed by atoms with Gasteiger partial charge in [-0.3, -0.25) is 14.9 Å². The summed E-state index contributed by atoms with van der Waals surface area (Å²) in [6.45, 7) is -0.318. The van der Waals surface area contributed by atoms with Crippen LogP contribution in [-0.4, -0.2) is 22.4 Å². The van der Waals surface area contributed by atoms with Gasteiger partial charge in [0.1, 0.15) is 11.6 Å². The Morgan fingerprint density at radius 3 is 2.68 bits per heavy atom. The highest BCUT2D eigenvalue weighted by Gasteiger charge is 2.12. The minimum absolute atomic E-state index is 0.0478. The summed E-state index contributed by atoms with van der Waals surface area (Å²) in [5.74, 6) is 0.0449. The van der Waals surface area contributed by atoms with Crippen LogP contribution >= 0.6 is 23.2 Å². The van der Waals surface area contributed by atoms with Gasteiger partial charge in [0.25, 0.3) is 11.6 Å². The van der Waals surface area contributed by atoms with Crippen LogP contribution in [0.2, 0.25) is 10.0 Å². The van der Waals surface area contributed by atoms with E-state index >= 15 is 0 Å². The van der Waals surface area contributed by atoms with Crippen molar-refractivity contribution in [3.05, 3.63) is 56.7 Å². The molecular weight excluding hydrogens is 333 g/mol. The number of ether oxygens (including phenoxy) is 1. The molecule has 22 heavy (non-hydrogen) atoms. The van der Waals surface area contributed by atoms with Crippen LogP contribution in [-0.2, 0) is 4.79 Å². The van der Waals surface area contributed by atoms with E-state index in [1.54, 1.807) is 12.1 Å². The lowest BCUT2D eigenvalue weighted by Crippen LogP contribution is -2.20. The van der Waals surface area contributed by atoms with Gasteiger partial charge in [-0.25, -0.2) is 4.98 Å². The molecular formula is C13H9Cl2N3O4. The Morgan fingerprint density at radius 2 is 2.09 bits per heavy atom. The Labute approximate surface area is 135 Å². The Morgan fingerprint density at radius 1 is 1.32 bits per heavy atom. The van der Waals surface area contributed by atoms with Crippen molar-refractivity contribution in [3.8, 4) is 5.75 Å². The van der Waals surface area contributed by atoms with E-state index in [9.17, 15) is 14.9 Å². The minimum Gasteiger partial charge on any atom is -0.482 e. The second kappa shape index (κ2) is 7.06. The number of halogens is 2. The Balaban J connectivity index is 1.93. The molecule has 7 nitrogen and oxygen atoms in total. The fourth-order valence-electron chi connectivity index (χ4n) is 1.49. The van der Waals surface area contributed by atoms with Crippen molar-refractivity contribution in [2.75, 3.05) is 11.9 Å². The number of benzene rings is 1. The lowest BCUT2D eigenvalue weighted by Gasteiger charge is -2.08. The van der Waals surface area contributed by atoms with Gasteiger partial charge in [-0.15, -0.1) is 0 Å². The average molecular weight is 342 g/mol. The van der Waals surface area contributed by atoms with Crippen LogP contribution in [0.25, 0.3) is 0 Å². The molecule has 1 aromatic heterocycles. The number of hydrogen-bond acceptors (Lipinski definition) is 5. The number of anilines is 1. The Hall–Kier alpha value is -2.38. The van der Waals surface area contributed by atoms with E-state index in [0.717, 1.165) is 6.07 Å². The van der Waals surface area contributed by atoms with Crippen molar-refractivity contribution in [3.63, 3.8) is 0 Å². The summed E-state index contributed by atoms with van der Waals surface area (Å²) in [6, 6.07) is 6.83. The van der Waals surface area contributed by atoms with Crippen LogP contribution < -0.4 is 10.1 Å². The number of nitrogens with zero attached hydrogens (tertiary/aromatic N) is 2. The van der Waals surface area contributed by atoms with Crippen LogP contribution in [0.5, 0.6) is 5.75 Å². The molecule has 9 heteroatoms. The number of amides is 1. The number of rotatable bonds is 5. The predicted molar refractivity (Wildman–Crippen MR) is 81.5 cm³/mol. The molecule has 0 fully saturated rings. The molecule has 0 aliphatic rings. The monoisotopic (exact) mass is 341 g/mol. The number of nitro benzene ring substituents is 1. The van der Waals surface area contributed by atoms with E-state index in [2.05, 4.69) is 10.3 Å². The first-order valence-corrected chi connectivity index (χ1v) is 6.69. The van der Waals surface area contributed by atoms with E-state index < -0.39 is 10.8 Å². The Kier molecular flexibility index (Phi) is 5.13. The van der Waals surface area contributed by atoms with Gasteiger partial charge < -0.3 is 10.1 Å². The molecule has 2 rings (SSSR count). The quantitative estimate of drug-likeness (QED) is 0.664. The van der Waals surface area contributed by atoms with E-state index in [1.807, 2.05) is 0 Å². The molecule has 2 aromatic rings. The molecule has 0 bridgehead atoms. The maximum atomic E-state index is 11.7. The van der Waals surface area contributed by atoms with E-state index in [1.165, 1.54) is 18.3 Å². The number of pyridine rings is 1. The van der Waals surface area contributed by atoms with E-state index in [0.29, 0.717) is 10.8 Å². The molecule has 0 aliphatic carbocycles. The minimum atomic E-state index is -0.575. The summed E-state index contributed by atoms with van der Waals surface area (Å²) in [6.07, 6.45) is 1.39. The smallest absolute Gasteiger partial charge is 0.271 e. The molecule has 1 aromatic carbocycles. The van der Waals surface area contributed by atoms with Gasteiger partial charge in [0.05, 0.1) is 15.0 Å². The van der Waals surface area contributed by atoms with Crippen LogP contribution in [0, 0.1) is 10.1 Å². The molecule has 0 spiro atoms. The van der Waals surface area contributed by atoms with Gasteiger partial charge in [-0.05, 0) is 18.2 Å². The maximum absolute atomic E-state index is 11.7. The molecule has 114 valence electrons. The normalized spacial score (nSPS) is 10.1. The topological polar surface area (TPSA) is 94.4 Å². The summed E-state index contributed by atoms with van der Waals surface area (Å²) in [5, 5.41) is 13.6. The summed E-state index contributed by atoms with van der Waals surface area (Å²) in [7, 11) is 0. The lowest BCUT2D eigenvalue weighted by atomic mass is 10.3. The third kappa shape index (κ3) is 4.31. The van der Waals surface area contributed by atoms with Crippen molar-refractivity contribution in [1.82, 2.24) is 4.98 Å². The van der Waals surface area contributed by atoms with Gasteiger partial charge >= 0.3 is 0 Å². The number of carbonyl (C=O) groups is 1. The molecule has 0 aliphatic heterocycles. The summed E-state index contributed by atoms with van der Waals surface area (Å²) in [4.78, 5) is 25.6. The Bertz CT molecular complexity index is 707. The molecule has 1 heterocycles. The lowest BCUT2D eigenvalue weighted by molar-refractivity contribution is -0.384. The van der Waals surface area contributed by atoms with Crippen LogP contribution in [0.1, 0.15) is 0 Å². The second-order valence-corrected chi connectivity index (χ2v) is 4.91. The van der Waals surface area contributed by atoms with Gasteiger partial charge in [0, 0.05) is 18.3 Å². The third-order valence-electron chi connectivity index (χ3n) is 2.48. The average Bonchev–Trinajstić information content (AvgIpc) is 2.48. The summed E-state index contributed by atoms with van der Waals surface area (Å²) < 4.78 is 5.21. The maximum Gasteiger partial charge on any atom is 0.271 e. The van der Waals surface area contributed by atoms with Gasteiger partial charge in [0.15, 0.2) is 6.61 Å². The van der Waals surface area contributed by atoms with E-state index in [-0.39, 0.29) is 23.1 Å². The number of aromatic nitrogens is 1.